The van der Waals surface area contributed by atoms with E-state index in [-0.39, 0.29) is 6.61 Å². The highest BCUT2D eigenvalue weighted by atomic mass is 16.5. The van der Waals surface area contributed by atoms with E-state index in [1.54, 1.807) is 6.08 Å². The molecule has 0 saturated carbocycles. The highest BCUT2D eigenvalue weighted by Gasteiger charge is 2.05. The van der Waals surface area contributed by atoms with Gasteiger partial charge in [0.25, 0.3) is 0 Å². The largest absolute Gasteiger partial charge is 0.481 e. The smallest absolute Gasteiger partial charge is 0.341 e. The zero-order valence-electron chi connectivity index (χ0n) is 13.6. The van der Waals surface area contributed by atoms with E-state index >= 15 is 0 Å². The van der Waals surface area contributed by atoms with Crippen LogP contribution in [-0.4, -0.2) is 17.7 Å². The summed E-state index contributed by atoms with van der Waals surface area (Å²) in [7, 11) is 0. The second-order valence-electron chi connectivity index (χ2n) is 5.63. The molecular weight excluding hydrogens is 276 g/mol. The minimum atomic E-state index is -0.970. The molecule has 0 aliphatic carbocycles. The fraction of sp³-hybridized carbons (Fsp3) is 0.526. The van der Waals surface area contributed by atoms with E-state index in [1.165, 1.54) is 50.5 Å². The minimum Gasteiger partial charge on any atom is -0.481 e. The van der Waals surface area contributed by atoms with E-state index in [2.05, 4.69) is 13.5 Å². The van der Waals surface area contributed by atoms with Crippen LogP contribution in [0.5, 0.6) is 5.75 Å². The third-order valence-corrected chi connectivity index (χ3v) is 3.71. The Balaban J connectivity index is 2.38. The summed E-state index contributed by atoms with van der Waals surface area (Å²) in [5.41, 5.74) is 2.12. The van der Waals surface area contributed by atoms with Crippen molar-refractivity contribution in [3.63, 3.8) is 0 Å². The normalized spacial score (nSPS) is 10.4. The first kappa shape index (κ1) is 18.3. The highest BCUT2D eigenvalue weighted by molar-refractivity contribution is 5.69. The van der Waals surface area contributed by atoms with Gasteiger partial charge in [-0.1, -0.05) is 64.2 Å². The van der Waals surface area contributed by atoms with Gasteiger partial charge in [-0.25, -0.2) is 4.79 Å². The van der Waals surface area contributed by atoms with Crippen LogP contribution in [0.3, 0.4) is 0 Å². The van der Waals surface area contributed by atoms with E-state index in [9.17, 15) is 4.79 Å². The second kappa shape index (κ2) is 10.9. The average molecular weight is 304 g/mol. The molecule has 1 N–H and O–H groups in total. The molecule has 0 bridgehead atoms. The van der Waals surface area contributed by atoms with Crippen molar-refractivity contribution >= 4 is 12.0 Å². The van der Waals surface area contributed by atoms with E-state index in [4.69, 9.17) is 9.84 Å². The summed E-state index contributed by atoms with van der Waals surface area (Å²) in [5, 5.41) is 8.66. The molecule has 122 valence electrons. The number of carbonyl (C=O) groups is 1. The molecule has 0 heterocycles. The Morgan fingerprint density at radius 2 is 1.86 bits per heavy atom. The van der Waals surface area contributed by atoms with Gasteiger partial charge in [-0.05, 0) is 30.5 Å². The zero-order chi connectivity index (χ0) is 16.2. The van der Waals surface area contributed by atoms with Gasteiger partial charge in [0.2, 0.25) is 0 Å². The molecule has 1 aromatic rings. The van der Waals surface area contributed by atoms with Crippen LogP contribution in [0.4, 0.5) is 0 Å². The maximum Gasteiger partial charge on any atom is 0.341 e. The summed E-state index contributed by atoms with van der Waals surface area (Å²) < 4.78 is 5.25. The van der Waals surface area contributed by atoms with Crippen molar-refractivity contribution in [2.45, 2.75) is 58.3 Å². The van der Waals surface area contributed by atoms with Gasteiger partial charge < -0.3 is 9.84 Å². The number of hydrogen-bond acceptors (Lipinski definition) is 2. The first-order valence-electron chi connectivity index (χ1n) is 8.27. The van der Waals surface area contributed by atoms with Gasteiger partial charge in [-0.3, -0.25) is 0 Å². The molecule has 0 unspecified atom stereocenters. The molecular formula is C19H28O3. The van der Waals surface area contributed by atoms with Gasteiger partial charge in [0.1, 0.15) is 5.75 Å². The van der Waals surface area contributed by atoms with Crippen LogP contribution in [0, 0.1) is 0 Å². The molecule has 0 saturated heterocycles. The number of unbranched alkanes of at least 4 members (excludes halogenated alkanes) is 6. The van der Waals surface area contributed by atoms with Gasteiger partial charge in [0.15, 0.2) is 6.61 Å². The average Bonchev–Trinajstić information content (AvgIpc) is 2.52. The Kier molecular flexibility index (Phi) is 9.04. The maximum absolute atomic E-state index is 10.6. The van der Waals surface area contributed by atoms with Crippen LogP contribution < -0.4 is 4.74 Å². The molecule has 0 spiro atoms. The predicted octanol–water partition coefficient (Wildman–Crippen LogP) is 5.09. The van der Waals surface area contributed by atoms with Crippen molar-refractivity contribution in [3.8, 4) is 5.75 Å². The fourth-order valence-electron chi connectivity index (χ4n) is 2.47. The number of benzene rings is 1. The molecule has 0 radical (unpaired) electrons. The van der Waals surface area contributed by atoms with Gasteiger partial charge in [-0.15, -0.1) is 0 Å². The lowest BCUT2D eigenvalue weighted by molar-refractivity contribution is -0.139. The lowest BCUT2D eigenvalue weighted by Gasteiger charge is -2.09. The van der Waals surface area contributed by atoms with Crippen molar-refractivity contribution < 1.29 is 14.6 Å². The molecule has 1 aromatic carbocycles. The van der Waals surface area contributed by atoms with Crippen LogP contribution >= 0.6 is 0 Å². The number of carboxylic acid groups (broad SMARTS) is 1. The number of hydrogen-bond donors (Lipinski definition) is 1. The molecule has 1 rings (SSSR count). The molecule has 0 aliphatic rings. The molecule has 22 heavy (non-hydrogen) atoms. The maximum atomic E-state index is 10.6. The zero-order valence-corrected chi connectivity index (χ0v) is 13.6. The summed E-state index contributed by atoms with van der Waals surface area (Å²) >= 11 is 0. The monoisotopic (exact) mass is 304 g/mol. The molecule has 0 aliphatic heterocycles. The lowest BCUT2D eigenvalue weighted by atomic mass is 10.0. The number of aliphatic carboxylic acids is 1. The minimum absolute atomic E-state index is 0.321. The van der Waals surface area contributed by atoms with Crippen molar-refractivity contribution in [3.05, 3.63) is 35.9 Å². The van der Waals surface area contributed by atoms with Crippen LogP contribution in [0.25, 0.3) is 6.08 Å². The Morgan fingerprint density at radius 1 is 1.18 bits per heavy atom. The van der Waals surface area contributed by atoms with Crippen LogP contribution in [-0.2, 0) is 11.2 Å². The lowest BCUT2D eigenvalue weighted by Crippen LogP contribution is -2.10. The summed E-state index contributed by atoms with van der Waals surface area (Å²) in [6.07, 6.45) is 11.9. The highest BCUT2D eigenvalue weighted by Crippen LogP contribution is 2.22. The Hall–Kier alpha value is -1.77. The van der Waals surface area contributed by atoms with Gasteiger partial charge in [-0.2, -0.15) is 0 Å². The van der Waals surface area contributed by atoms with E-state index in [0.717, 1.165) is 12.0 Å². The summed E-state index contributed by atoms with van der Waals surface area (Å²) in [4.78, 5) is 10.6. The first-order chi connectivity index (χ1) is 10.7. The van der Waals surface area contributed by atoms with Gasteiger partial charge in [0.05, 0.1) is 0 Å². The van der Waals surface area contributed by atoms with Crippen LogP contribution in [0.15, 0.2) is 24.8 Å². The molecule has 3 nitrogen and oxygen atoms in total. The Morgan fingerprint density at radius 3 is 2.50 bits per heavy atom. The van der Waals surface area contributed by atoms with Crippen molar-refractivity contribution in [2.24, 2.45) is 0 Å². The number of ether oxygens (including phenoxy) is 1. The summed E-state index contributed by atoms with van der Waals surface area (Å²) in [6.45, 7) is 5.69. The van der Waals surface area contributed by atoms with Crippen LogP contribution in [0.2, 0.25) is 0 Å². The van der Waals surface area contributed by atoms with E-state index < -0.39 is 5.97 Å². The first-order valence-corrected chi connectivity index (χ1v) is 8.27. The van der Waals surface area contributed by atoms with Gasteiger partial charge >= 0.3 is 5.97 Å². The summed E-state index contributed by atoms with van der Waals surface area (Å²) in [5.74, 6) is -0.386. The second-order valence-corrected chi connectivity index (χ2v) is 5.63. The standard InChI is InChI=1S/C19H28O3/c1-3-5-6-7-8-9-10-11-16-12-13-18(17(4-2)14-16)22-15-19(20)21/h4,12-14H,2-3,5-11,15H2,1H3,(H,20,21). The van der Waals surface area contributed by atoms with E-state index in [1.807, 2.05) is 18.2 Å². The molecule has 0 atom stereocenters. The number of carboxylic acids is 1. The SMILES string of the molecule is C=Cc1cc(CCCCCCCCC)ccc1OCC(=O)O. The number of aryl methyl sites for hydroxylation is 1. The predicted molar refractivity (Wildman–Crippen MR) is 91.4 cm³/mol. The van der Waals surface area contributed by atoms with Crippen LogP contribution in [0.1, 0.15) is 63.0 Å². The van der Waals surface area contributed by atoms with Crippen molar-refractivity contribution in [1.29, 1.82) is 0 Å². The third-order valence-electron chi connectivity index (χ3n) is 3.71. The van der Waals surface area contributed by atoms with Crippen molar-refractivity contribution in [1.82, 2.24) is 0 Å². The fourth-order valence-corrected chi connectivity index (χ4v) is 2.47. The molecule has 3 heteroatoms. The van der Waals surface area contributed by atoms with Crippen molar-refractivity contribution in [2.75, 3.05) is 6.61 Å². The van der Waals surface area contributed by atoms with E-state index in [0.29, 0.717) is 5.75 Å². The topological polar surface area (TPSA) is 46.5 Å². The molecule has 0 amide bonds. The van der Waals surface area contributed by atoms with Gasteiger partial charge in [0, 0.05) is 5.56 Å². The quantitative estimate of drug-likeness (QED) is 0.547. The third kappa shape index (κ3) is 7.30. The number of rotatable bonds is 12. The Bertz CT molecular complexity index is 466. The molecule has 0 aromatic heterocycles. The summed E-state index contributed by atoms with van der Waals surface area (Å²) in [6, 6.07) is 5.90. The molecule has 0 fully saturated rings. The Labute approximate surface area is 134 Å².